The van der Waals surface area contributed by atoms with Gasteiger partial charge >= 0.3 is 0 Å². The third-order valence-electron chi connectivity index (χ3n) is 3.51. The van der Waals surface area contributed by atoms with Gasteiger partial charge in [0.15, 0.2) is 0 Å². The maximum atomic E-state index is 5.58. The lowest BCUT2D eigenvalue weighted by molar-refractivity contribution is 0.131. The zero-order chi connectivity index (χ0) is 14.3. The Kier molecular flexibility index (Phi) is 7.11. The molecule has 1 unspecified atom stereocenters. The monoisotopic (exact) mass is 263 g/mol. The summed E-state index contributed by atoms with van der Waals surface area (Å²) >= 11 is 0. The molecule has 0 aliphatic rings. The first-order valence-electron chi connectivity index (χ1n) is 7.45. The summed E-state index contributed by atoms with van der Waals surface area (Å²) in [6.45, 7) is 13.6. The highest BCUT2D eigenvalue weighted by Gasteiger charge is 2.11. The van der Waals surface area contributed by atoms with E-state index in [1.165, 1.54) is 28.7 Å². The lowest BCUT2D eigenvalue weighted by Gasteiger charge is -2.20. The van der Waals surface area contributed by atoms with Crippen molar-refractivity contribution >= 4 is 0 Å². The SMILES string of the molecule is CCCCOCCNC(C)c1c(C)cc(C)cc1C. The molecule has 0 saturated carbocycles. The third-order valence-corrected chi connectivity index (χ3v) is 3.51. The molecule has 0 aliphatic heterocycles. The Morgan fingerprint density at radius 3 is 2.32 bits per heavy atom. The molecule has 1 rings (SSSR count). The standard InChI is InChI=1S/C17H29NO/c1-6-7-9-19-10-8-18-16(5)17-14(3)11-13(2)12-15(17)4/h11-12,16,18H,6-10H2,1-5H3. The smallest absolute Gasteiger partial charge is 0.0591 e. The van der Waals surface area contributed by atoms with Crippen molar-refractivity contribution < 1.29 is 4.74 Å². The summed E-state index contributed by atoms with van der Waals surface area (Å²) in [5, 5.41) is 3.55. The predicted molar refractivity (Wildman–Crippen MR) is 82.8 cm³/mol. The van der Waals surface area contributed by atoms with Crippen molar-refractivity contribution in [2.24, 2.45) is 0 Å². The van der Waals surface area contributed by atoms with Crippen LogP contribution in [0.1, 0.15) is 55.0 Å². The minimum absolute atomic E-state index is 0.385. The third kappa shape index (κ3) is 5.33. The quantitative estimate of drug-likeness (QED) is 0.714. The van der Waals surface area contributed by atoms with E-state index in [-0.39, 0.29) is 0 Å². The van der Waals surface area contributed by atoms with E-state index >= 15 is 0 Å². The topological polar surface area (TPSA) is 21.3 Å². The van der Waals surface area contributed by atoms with Crippen LogP contribution in [0.25, 0.3) is 0 Å². The van der Waals surface area contributed by atoms with Crippen molar-refractivity contribution in [3.63, 3.8) is 0 Å². The van der Waals surface area contributed by atoms with E-state index < -0.39 is 0 Å². The van der Waals surface area contributed by atoms with Crippen LogP contribution < -0.4 is 5.32 Å². The van der Waals surface area contributed by atoms with Crippen LogP contribution in [0.15, 0.2) is 12.1 Å². The molecule has 0 saturated heterocycles. The fourth-order valence-electron chi connectivity index (χ4n) is 2.67. The van der Waals surface area contributed by atoms with Crippen molar-refractivity contribution in [2.45, 2.75) is 53.5 Å². The van der Waals surface area contributed by atoms with Gasteiger partial charge in [-0.3, -0.25) is 0 Å². The number of ether oxygens (including phenoxy) is 1. The van der Waals surface area contributed by atoms with Gasteiger partial charge in [-0.1, -0.05) is 31.0 Å². The van der Waals surface area contributed by atoms with Crippen LogP contribution in [0, 0.1) is 20.8 Å². The zero-order valence-corrected chi connectivity index (χ0v) is 13.2. The van der Waals surface area contributed by atoms with Gasteiger partial charge in [0.1, 0.15) is 0 Å². The summed E-state index contributed by atoms with van der Waals surface area (Å²) in [7, 11) is 0. The molecular formula is C17H29NO. The normalized spacial score (nSPS) is 12.7. The number of rotatable bonds is 8. The first-order chi connectivity index (χ1) is 9.06. The van der Waals surface area contributed by atoms with Gasteiger partial charge < -0.3 is 10.1 Å². The molecule has 108 valence electrons. The van der Waals surface area contributed by atoms with E-state index in [0.29, 0.717) is 6.04 Å². The molecule has 2 heteroatoms. The minimum atomic E-state index is 0.385. The highest BCUT2D eigenvalue weighted by Crippen LogP contribution is 2.23. The summed E-state index contributed by atoms with van der Waals surface area (Å²) in [5.74, 6) is 0. The summed E-state index contributed by atoms with van der Waals surface area (Å²) in [6, 6.07) is 4.91. The molecule has 1 N–H and O–H groups in total. The molecule has 0 bridgehead atoms. The summed E-state index contributed by atoms with van der Waals surface area (Å²) in [5.41, 5.74) is 5.53. The van der Waals surface area contributed by atoms with Crippen LogP contribution >= 0.6 is 0 Å². The van der Waals surface area contributed by atoms with Gasteiger partial charge in [0.25, 0.3) is 0 Å². The predicted octanol–water partition coefficient (Wildman–Crippen LogP) is 4.08. The number of hydrogen-bond donors (Lipinski definition) is 1. The van der Waals surface area contributed by atoms with Crippen molar-refractivity contribution in [2.75, 3.05) is 19.8 Å². The molecule has 0 aromatic heterocycles. The maximum Gasteiger partial charge on any atom is 0.0591 e. The van der Waals surface area contributed by atoms with Gasteiger partial charge in [-0.05, 0) is 50.8 Å². The maximum absolute atomic E-state index is 5.58. The van der Waals surface area contributed by atoms with E-state index in [9.17, 15) is 0 Å². The Labute approximate surface area is 118 Å². The van der Waals surface area contributed by atoms with Crippen LogP contribution in [0.5, 0.6) is 0 Å². The second-order valence-corrected chi connectivity index (χ2v) is 5.45. The Bertz CT molecular complexity index is 364. The molecular weight excluding hydrogens is 234 g/mol. The molecule has 0 spiro atoms. The largest absolute Gasteiger partial charge is 0.380 e. The van der Waals surface area contributed by atoms with Gasteiger partial charge in [-0.25, -0.2) is 0 Å². The first kappa shape index (κ1) is 16.2. The van der Waals surface area contributed by atoms with Crippen molar-refractivity contribution in [3.05, 3.63) is 34.4 Å². The van der Waals surface area contributed by atoms with Gasteiger partial charge in [0.05, 0.1) is 6.61 Å². The molecule has 0 amide bonds. The Balaban J connectivity index is 2.43. The van der Waals surface area contributed by atoms with Crippen LogP contribution in [0.3, 0.4) is 0 Å². The molecule has 0 heterocycles. The molecule has 19 heavy (non-hydrogen) atoms. The molecule has 0 fully saturated rings. The highest BCUT2D eigenvalue weighted by atomic mass is 16.5. The van der Waals surface area contributed by atoms with E-state index in [4.69, 9.17) is 4.74 Å². The van der Waals surface area contributed by atoms with Crippen LogP contribution in [-0.4, -0.2) is 19.8 Å². The summed E-state index contributed by atoms with van der Waals surface area (Å²) in [4.78, 5) is 0. The second-order valence-electron chi connectivity index (χ2n) is 5.45. The number of hydrogen-bond acceptors (Lipinski definition) is 2. The van der Waals surface area contributed by atoms with E-state index in [0.717, 1.165) is 26.2 Å². The lowest BCUT2D eigenvalue weighted by Crippen LogP contribution is -2.24. The first-order valence-corrected chi connectivity index (χ1v) is 7.45. The molecule has 2 nitrogen and oxygen atoms in total. The van der Waals surface area contributed by atoms with Crippen LogP contribution in [0.4, 0.5) is 0 Å². The van der Waals surface area contributed by atoms with Crippen molar-refractivity contribution in [1.82, 2.24) is 5.32 Å². The Hall–Kier alpha value is -0.860. The molecule has 0 radical (unpaired) electrons. The molecule has 1 aromatic rings. The average molecular weight is 263 g/mol. The van der Waals surface area contributed by atoms with Gasteiger partial charge in [0.2, 0.25) is 0 Å². The lowest BCUT2D eigenvalue weighted by atomic mass is 9.95. The minimum Gasteiger partial charge on any atom is -0.380 e. The van der Waals surface area contributed by atoms with Gasteiger partial charge in [0, 0.05) is 19.2 Å². The second kappa shape index (κ2) is 8.34. The molecule has 0 aliphatic carbocycles. The number of nitrogens with one attached hydrogen (secondary N) is 1. The number of benzene rings is 1. The number of unbranched alkanes of at least 4 members (excludes halogenated alkanes) is 1. The highest BCUT2D eigenvalue weighted by molar-refractivity contribution is 5.39. The van der Waals surface area contributed by atoms with Gasteiger partial charge in [-0.15, -0.1) is 0 Å². The van der Waals surface area contributed by atoms with E-state index in [1.807, 2.05) is 0 Å². The van der Waals surface area contributed by atoms with E-state index in [2.05, 4.69) is 52.1 Å². The van der Waals surface area contributed by atoms with Crippen molar-refractivity contribution in [3.8, 4) is 0 Å². The fraction of sp³-hybridized carbons (Fsp3) is 0.647. The fourth-order valence-corrected chi connectivity index (χ4v) is 2.67. The Morgan fingerprint density at radius 1 is 1.11 bits per heavy atom. The summed E-state index contributed by atoms with van der Waals surface area (Å²) < 4.78 is 5.58. The average Bonchev–Trinajstić information content (AvgIpc) is 2.32. The Morgan fingerprint density at radius 2 is 1.74 bits per heavy atom. The van der Waals surface area contributed by atoms with E-state index in [1.54, 1.807) is 0 Å². The molecule has 1 atom stereocenters. The van der Waals surface area contributed by atoms with Crippen LogP contribution in [0.2, 0.25) is 0 Å². The zero-order valence-electron chi connectivity index (χ0n) is 13.2. The van der Waals surface area contributed by atoms with Gasteiger partial charge in [-0.2, -0.15) is 0 Å². The van der Waals surface area contributed by atoms with Crippen LogP contribution in [-0.2, 0) is 4.74 Å². The molecule has 1 aromatic carbocycles. The number of aryl methyl sites for hydroxylation is 3. The summed E-state index contributed by atoms with van der Waals surface area (Å²) in [6.07, 6.45) is 2.36. The van der Waals surface area contributed by atoms with Crippen molar-refractivity contribution in [1.29, 1.82) is 0 Å².